The monoisotopic (exact) mass is 444 g/mol. The Morgan fingerprint density at radius 2 is 1.84 bits per heavy atom. The van der Waals surface area contributed by atoms with Crippen molar-refractivity contribution in [1.82, 2.24) is 19.5 Å². The Morgan fingerprint density at radius 3 is 2.56 bits per heavy atom. The van der Waals surface area contributed by atoms with Crippen LogP contribution < -0.4 is 4.74 Å². The number of alkyl halides is 3. The van der Waals surface area contributed by atoms with Crippen LogP contribution in [0.15, 0.2) is 42.6 Å². The highest BCUT2D eigenvalue weighted by Gasteiger charge is 2.33. The van der Waals surface area contributed by atoms with Crippen LogP contribution >= 0.6 is 0 Å². The van der Waals surface area contributed by atoms with E-state index in [2.05, 4.69) is 10.2 Å². The van der Waals surface area contributed by atoms with E-state index in [1.165, 1.54) is 23.3 Å². The molecule has 1 saturated carbocycles. The summed E-state index contributed by atoms with van der Waals surface area (Å²) in [7, 11) is 0. The van der Waals surface area contributed by atoms with E-state index >= 15 is 0 Å². The Hall–Kier alpha value is -3.10. The SMILES string of the molecule is O=C(c1ccc(OCC2CC2)cc1)N1CCC[C@H](c2nnc3ccc(C(F)(F)F)cn23)C1. The van der Waals surface area contributed by atoms with E-state index in [-0.39, 0.29) is 11.8 Å². The minimum atomic E-state index is -4.45. The number of rotatable bonds is 5. The van der Waals surface area contributed by atoms with E-state index in [1.807, 2.05) is 12.1 Å². The third-order valence-corrected chi connectivity index (χ3v) is 6.11. The van der Waals surface area contributed by atoms with Crippen LogP contribution in [-0.4, -0.2) is 45.1 Å². The van der Waals surface area contributed by atoms with Crippen molar-refractivity contribution in [1.29, 1.82) is 0 Å². The van der Waals surface area contributed by atoms with Crippen LogP contribution in [0.2, 0.25) is 0 Å². The summed E-state index contributed by atoms with van der Waals surface area (Å²) in [5.74, 6) is 1.57. The summed E-state index contributed by atoms with van der Waals surface area (Å²) in [4.78, 5) is 14.8. The maximum absolute atomic E-state index is 13.2. The molecule has 5 rings (SSSR count). The van der Waals surface area contributed by atoms with Crippen molar-refractivity contribution in [2.45, 2.75) is 37.8 Å². The predicted molar refractivity (Wildman–Crippen MR) is 111 cm³/mol. The molecule has 1 aromatic carbocycles. The van der Waals surface area contributed by atoms with Gasteiger partial charge in [0.25, 0.3) is 5.91 Å². The highest BCUT2D eigenvalue weighted by Crippen LogP contribution is 2.32. The standard InChI is InChI=1S/C23H23F3N4O2/c24-23(25,26)18-7-10-20-27-28-21(30(20)13-18)17-2-1-11-29(12-17)22(31)16-5-8-19(9-6-16)32-14-15-3-4-15/h5-10,13,15,17H,1-4,11-12,14H2/t17-/m0/s1. The quantitative estimate of drug-likeness (QED) is 0.579. The number of pyridine rings is 1. The topological polar surface area (TPSA) is 59.7 Å². The largest absolute Gasteiger partial charge is 0.493 e. The number of aromatic nitrogens is 3. The van der Waals surface area contributed by atoms with Gasteiger partial charge in [-0.3, -0.25) is 9.20 Å². The van der Waals surface area contributed by atoms with Crippen LogP contribution in [0.1, 0.15) is 53.3 Å². The van der Waals surface area contributed by atoms with Gasteiger partial charge in [-0.15, -0.1) is 10.2 Å². The van der Waals surface area contributed by atoms with Gasteiger partial charge in [-0.1, -0.05) is 0 Å². The second-order valence-corrected chi connectivity index (χ2v) is 8.57. The summed E-state index contributed by atoms with van der Waals surface area (Å²) < 4.78 is 46.6. The molecule has 2 aliphatic rings. The molecule has 1 aliphatic carbocycles. The zero-order valence-electron chi connectivity index (χ0n) is 17.4. The fourth-order valence-corrected chi connectivity index (χ4v) is 4.10. The molecule has 32 heavy (non-hydrogen) atoms. The fraction of sp³-hybridized carbons (Fsp3) is 0.435. The smallest absolute Gasteiger partial charge is 0.417 e. The second kappa shape index (κ2) is 8.11. The highest BCUT2D eigenvalue weighted by atomic mass is 19.4. The van der Waals surface area contributed by atoms with Crippen molar-refractivity contribution in [3.05, 3.63) is 59.5 Å². The summed E-state index contributed by atoms with van der Waals surface area (Å²) in [6.45, 7) is 1.69. The minimum absolute atomic E-state index is 0.103. The lowest BCUT2D eigenvalue weighted by molar-refractivity contribution is -0.137. The van der Waals surface area contributed by atoms with E-state index in [0.29, 0.717) is 42.6 Å². The first-order chi connectivity index (χ1) is 15.4. The number of ether oxygens (including phenoxy) is 1. The number of amides is 1. The van der Waals surface area contributed by atoms with Gasteiger partial charge in [-0.2, -0.15) is 13.2 Å². The van der Waals surface area contributed by atoms with Gasteiger partial charge in [-0.25, -0.2) is 0 Å². The number of nitrogens with zero attached hydrogens (tertiary/aromatic N) is 4. The number of hydrogen-bond donors (Lipinski definition) is 0. The van der Waals surface area contributed by atoms with E-state index in [1.54, 1.807) is 17.0 Å². The lowest BCUT2D eigenvalue weighted by atomic mass is 9.96. The third-order valence-electron chi connectivity index (χ3n) is 6.11. The zero-order valence-corrected chi connectivity index (χ0v) is 17.4. The summed E-state index contributed by atoms with van der Waals surface area (Å²) in [6, 6.07) is 9.45. The normalized spacial score (nSPS) is 19.3. The maximum atomic E-state index is 13.2. The molecule has 0 unspecified atom stereocenters. The number of fused-ring (bicyclic) bond motifs is 1. The molecule has 2 aromatic heterocycles. The van der Waals surface area contributed by atoms with Gasteiger partial charge in [0.2, 0.25) is 0 Å². The van der Waals surface area contributed by atoms with E-state index in [9.17, 15) is 18.0 Å². The van der Waals surface area contributed by atoms with Gasteiger partial charge in [0.1, 0.15) is 11.6 Å². The molecule has 0 spiro atoms. The number of hydrogen-bond acceptors (Lipinski definition) is 4. The average molecular weight is 444 g/mol. The molecular formula is C23H23F3N4O2. The van der Waals surface area contributed by atoms with Crippen LogP contribution in [0.25, 0.3) is 5.65 Å². The Balaban J connectivity index is 1.31. The van der Waals surface area contributed by atoms with E-state index in [4.69, 9.17) is 4.74 Å². The van der Waals surface area contributed by atoms with Gasteiger partial charge in [-0.05, 0) is 68.0 Å². The number of halogens is 3. The van der Waals surface area contributed by atoms with Crippen molar-refractivity contribution >= 4 is 11.6 Å². The second-order valence-electron chi connectivity index (χ2n) is 8.57. The van der Waals surface area contributed by atoms with Gasteiger partial charge in [0.05, 0.1) is 12.2 Å². The third kappa shape index (κ3) is 4.28. The summed E-state index contributed by atoms with van der Waals surface area (Å²) >= 11 is 0. The Bertz CT molecular complexity index is 1120. The molecule has 1 saturated heterocycles. The summed E-state index contributed by atoms with van der Waals surface area (Å²) in [6.07, 6.45) is 0.489. The number of piperidine rings is 1. The van der Waals surface area contributed by atoms with Crippen molar-refractivity contribution in [3.8, 4) is 5.75 Å². The van der Waals surface area contributed by atoms with Gasteiger partial charge < -0.3 is 9.64 Å². The molecule has 1 aliphatic heterocycles. The molecule has 3 heterocycles. The molecule has 3 aromatic rings. The molecular weight excluding hydrogens is 421 g/mol. The number of carbonyl (C=O) groups excluding carboxylic acids is 1. The Morgan fingerprint density at radius 1 is 1.06 bits per heavy atom. The van der Waals surface area contributed by atoms with E-state index in [0.717, 1.165) is 30.9 Å². The minimum Gasteiger partial charge on any atom is -0.493 e. The van der Waals surface area contributed by atoms with Crippen LogP contribution in [-0.2, 0) is 6.18 Å². The molecule has 1 amide bonds. The van der Waals surface area contributed by atoms with Crippen LogP contribution in [0.5, 0.6) is 5.75 Å². The number of carbonyl (C=O) groups is 1. The first kappa shape index (κ1) is 20.8. The summed E-state index contributed by atoms with van der Waals surface area (Å²) in [5, 5.41) is 8.17. The van der Waals surface area contributed by atoms with Crippen molar-refractivity contribution in [2.75, 3.05) is 19.7 Å². The van der Waals surface area contributed by atoms with Gasteiger partial charge in [0, 0.05) is 30.8 Å². The van der Waals surface area contributed by atoms with Gasteiger partial charge >= 0.3 is 6.18 Å². The lowest BCUT2D eigenvalue weighted by Gasteiger charge is -2.32. The Kier molecular flexibility index (Phi) is 5.27. The molecule has 6 nitrogen and oxygen atoms in total. The molecule has 0 N–H and O–H groups in total. The summed E-state index contributed by atoms with van der Waals surface area (Å²) in [5.41, 5.74) is 0.173. The number of likely N-dealkylation sites (tertiary alicyclic amines) is 1. The average Bonchev–Trinajstić information content (AvgIpc) is 3.53. The molecule has 2 fully saturated rings. The van der Waals surface area contributed by atoms with Crippen LogP contribution in [0.4, 0.5) is 13.2 Å². The number of benzene rings is 1. The molecule has 168 valence electrons. The van der Waals surface area contributed by atoms with Crippen molar-refractivity contribution in [3.63, 3.8) is 0 Å². The fourth-order valence-electron chi connectivity index (χ4n) is 4.10. The Labute approximate surface area is 183 Å². The predicted octanol–water partition coefficient (Wildman–Crippen LogP) is 4.56. The van der Waals surface area contributed by atoms with E-state index < -0.39 is 11.7 Å². The molecule has 0 bridgehead atoms. The van der Waals surface area contributed by atoms with Crippen LogP contribution in [0.3, 0.4) is 0 Å². The lowest BCUT2D eigenvalue weighted by Crippen LogP contribution is -2.39. The van der Waals surface area contributed by atoms with Crippen molar-refractivity contribution in [2.24, 2.45) is 5.92 Å². The zero-order chi connectivity index (χ0) is 22.3. The van der Waals surface area contributed by atoms with Crippen molar-refractivity contribution < 1.29 is 22.7 Å². The highest BCUT2D eigenvalue weighted by molar-refractivity contribution is 5.94. The first-order valence-electron chi connectivity index (χ1n) is 10.8. The maximum Gasteiger partial charge on any atom is 0.417 e. The molecule has 0 radical (unpaired) electrons. The molecule has 9 heteroatoms. The first-order valence-corrected chi connectivity index (χ1v) is 10.8. The van der Waals surface area contributed by atoms with Gasteiger partial charge in [0.15, 0.2) is 5.65 Å². The van der Waals surface area contributed by atoms with Crippen LogP contribution in [0, 0.1) is 5.92 Å². The molecule has 1 atom stereocenters.